The normalized spacial score (nSPS) is 11.7. The van der Waals surface area contributed by atoms with Gasteiger partial charge in [0.1, 0.15) is 17.2 Å². The minimum Gasteiger partial charge on any atom is -0.347 e. The van der Waals surface area contributed by atoms with Crippen molar-refractivity contribution in [3.63, 3.8) is 0 Å². The Labute approximate surface area is 116 Å². The Bertz CT molecular complexity index is 595. The van der Waals surface area contributed by atoms with Gasteiger partial charge in [0.25, 0.3) is 0 Å². The molecule has 6 heteroatoms. The molecule has 0 aromatic carbocycles. The second-order valence-electron chi connectivity index (χ2n) is 4.67. The Morgan fingerprint density at radius 3 is 2.15 bits per heavy atom. The van der Waals surface area contributed by atoms with E-state index in [0.717, 1.165) is 12.1 Å². The first kappa shape index (κ1) is 12.6. The zero-order chi connectivity index (χ0) is 13.8. The largest absolute Gasteiger partial charge is 0.347 e. The van der Waals surface area contributed by atoms with Gasteiger partial charge in [0, 0.05) is 36.7 Å². The monoisotopic (exact) mass is 268 g/mol. The Hall–Kier alpha value is -2.47. The van der Waals surface area contributed by atoms with Crippen molar-refractivity contribution in [3.8, 4) is 0 Å². The fourth-order valence-corrected chi connectivity index (χ4v) is 2.24. The molecule has 20 heavy (non-hydrogen) atoms. The smallest absolute Gasteiger partial charge is 0.134 e. The van der Waals surface area contributed by atoms with Crippen LogP contribution in [-0.2, 0) is 12.0 Å². The van der Waals surface area contributed by atoms with E-state index in [4.69, 9.17) is 5.73 Å². The summed E-state index contributed by atoms with van der Waals surface area (Å²) in [6.45, 7) is 0. The van der Waals surface area contributed by atoms with E-state index in [2.05, 4.69) is 24.9 Å². The van der Waals surface area contributed by atoms with Gasteiger partial charge in [-0.05, 0) is 25.0 Å². The lowest BCUT2D eigenvalue weighted by atomic mass is 9.91. The van der Waals surface area contributed by atoms with Crippen molar-refractivity contribution in [2.45, 2.75) is 18.4 Å². The number of pyridine rings is 1. The van der Waals surface area contributed by atoms with Gasteiger partial charge in [-0.3, -0.25) is 4.98 Å². The summed E-state index contributed by atoms with van der Waals surface area (Å²) in [6.07, 6.45) is 10.1. The maximum Gasteiger partial charge on any atom is 0.134 e. The second-order valence-corrected chi connectivity index (χ2v) is 4.67. The lowest BCUT2D eigenvalue weighted by Crippen LogP contribution is -2.41. The fourth-order valence-electron chi connectivity index (χ4n) is 2.24. The highest BCUT2D eigenvalue weighted by molar-refractivity contribution is 5.20. The van der Waals surface area contributed by atoms with E-state index in [-0.39, 0.29) is 0 Å². The molecule has 3 heterocycles. The summed E-state index contributed by atoms with van der Waals surface area (Å²) in [5, 5.41) is 0. The summed E-state index contributed by atoms with van der Waals surface area (Å²) >= 11 is 0. The van der Waals surface area contributed by atoms with E-state index in [1.807, 2.05) is 18.2 Å². The molecule has 102 valence electrons. The van der Waals surface area contributed by atoms with Crippen molar-refractivity contribution in [3.05, 3.63) is 66.5 Å². The third-order valence-corrected chi connectivity index (χ3v) is 3.34. The van der Waals surface area contributed by atoms with Gasteiger partial charge in [0.05, 0.1) is 0 Å². The molecule has 3 aromatic heterocycles. The molecule has 0 radical (unpaired) electrons. The van der Waals surface area contributed by atoms with E-state index in [9.17, 15) is 0 Å². The molecule has 0 bridgehead atoms. The van der Waals surface area contributed by atoms with Gasteiger partial charge in [0.2, 0.25) is 0 Å². The fraction of sp³-hybridized carbons (Fsp3) is 0.214. The average Bonchev–Trinajstić information content (AvgIpc) is 3.18. The number of aromatic amines is 2. The van der Waals surface area contributed by atoms with E-state index in [0.29, 0.717) is 18.1 Å². The quantitative estimate of drug-likeness (QED) is 0.651. The number of nitrogens with zero attached hydrogens (tertiary/aromatic N) is 3. The van der Waals surface area contributed by atoms with Crippen molar-refractivity contribution >= 4 is 0 Å². The Morgan fingerprint density at radius 1 is 0.950 bits per heavy atom. The van der Waals surface area contributed by atoms with Crippen molar-refractivity contribution in [2.75, 3.05) is 0 Å². The molecule has 0 aliphatic carbocycles. The van der Waals surface area contributed by atoms with Crippen molar-refractivity contribution in [1.82, 2.24) is 24.9 Å². The van der Waals surface area contributed by atoms with Gasteiger partial charge in [-0.25, -0.2) is 9.97 Å². The van der Waals surface area contributed by atoms with Crippen LogP contribution in [-0.4, -0.2) is 24.9 Å². The second kappa shape index (κ2) is 5.26. The average molecular weight is 268 g/mol. The number of aryl methyl sites for hydroxylation is 1. The minimum atomic E-state index is -0.773. The summed E-state index contributed by atoms with van der Waals surface area (Å²) in [4.78, 5) is 19.1. The number of imidazole rings is 2. The lowest BCUT2D eigenvalue weighted by molar-refractivity contribution is 0.441. The summed E-state index contributed by atoms with van der Waals surface area (Å²) in [6, 6.07) is 5.86. The molecule has 4 N–H and O–H groups in total. The van der Waals surface area contributed by atoms with Crippen LogP contribution < -0.4 is 5.73 Å². The number of H-pyrrole nitrogens is 2. The van der Waals surface area contributed by atoms with E-state index in [1.54, 1.807) is 31.0 Å². The molecular formula is C14H16N6. The number of nitrogens with two attached hydrogens (primary N) is 1. The number of nitrogens with one attached hydrogen (secondary N) is 2. The maximum atomic E-state index is 6.56. The molecular weight excluding hydrogens is 252 g/mol. The molecule has 6 nitrogen and oxygen atoms in total. The number of hydrogen-bond acceptors (Lipinski definition) is 4. The molecule has 0 fully saturated rings. The zero-order valence-corrected chi connectivity index (χ0v) is 11.0. The molecule has 0 spiro atoms. The molecule has 3 rings (SSSR count). The van der Waals surface area contributed by atoms with Crippen LogP contribution in [0.5, 0.6) is 0 Å². The first-order chi connectivity index (χ1) is 9.79. The highest BCUT2D eigenvalue weighted by Crippen LogP contribution is 2.26. The third-order valence-electron chi connectivity index (χ3n) is 3.34. The SMILES string of the molecule is NC(CCc1ccccn1)(c1ncc[nH]1)c1ncc[nH]1. The molecule has 0 atom stereocenters. The van der Waals surface area contributed by atoms with Crippen molar-refractivity contribution in [1.29, 1.82) is 0 Å². The van der Waals surface area contributed by atoms with Crippen LogP contribution in [0.15, 0.2) is 49.2 Å². The van der Waals surface area contributed by atoms with Gasteiger partial charge in [-0.2, -0.15) is 0 Å². The maximum absolute atomic E-state index is 6.56. The highest BCUT2D eigenvalue weighted by Gasteiger charge is 2.34. The first-order valence-electron chi connectivity index (χ1n) is 6.47. The summed E-state index contributed by atoms with van der Waals surface area (Å²) in [5.41, 5.74) is 6.79. The molecule has 0 saturated heterocycles. The van der Waals surface area contributed by atoms with Gasteiger partial charge < -0.3 is 15.7 Å². The van der Waals surface area contributed by atoms with Gasteiger partial charge in [-0.1, -0.05) is 6.07 Å². The predicted molar refractivity (Wildman–Crippen MR) is 74.7 cm³/mol. The van der Waals surface area contributed by atoms with Crippen LogP contribution >= 0.6 is 0 Å². The van der Waals surface area contributed by atoms with E-state index >= 15 is 0 Å². The van der Waals surface area contributed by atoms with Crippen LogP contribution in [0.1, 0.15) is 23.8 Å². The van der Waals surface area contributed by atoms with E-state index in [1.165, 1.54) is 0 Å². The molecule has 0 aliphatic rings. The number of hydrogen-bond donors (Lipinski definition) is 3. The molecule has 0 amide bonds. The topological polar surface area (TPSA) is 96.3 Å². The summed E-state index contributed by atoms with van der Waals surface area (Å²) in [5.74, 6) is 1.40. The van der Waals surface area contributed by atoms with Gasteiger partial charge >= 0.3 is 0 Å². The first-order valence-corrected chi connectivity index (χ1v) is 6.47. The molecule has 0 aliphatic heterocycles. The van der Waals surface area contributed by atoms with Crippen LogP contribution in [0.25, 0.3) is 0 Å². The zero-order valence-electron chi connectivity index (χ0n) is 11.0. The summed E-state index contributed by atoms with van der Waals surface area (Å²) in [7, 11) is 0. The Balaban J connectivity index is 1.87. The third kappa shape index (κ3) is 2.33. The summed E-state index contributed by atoms with van der Waals surface area (Å²) < 4.78 is 0. The molecule has 0 unspecified atom stereocenters. The van der Waals surface area contributed by atoms with Gasteiger partial charge in [0.15, 0.2) is 0 Å². The van der Waals surface area contributed by atoms with Crippen LogP contribution in [0.3, 0.4) is 0 Å². The lowest BCUT2D eigenvalue weighted by Gasteiger charge is -2.25. The number of rotatable bonds is 5. The minimum absolute atomic E-state index is 0.658. The van der Waals surface area contributed by atoms with Crippen molar-refractivity contribution < 1.29 is 0 Å². The highest BCUT2D eigenvalue weighted by atomic mass is 15.0. The Morgan fingerprint density at radius 2 is 1.65 bits per heavy atom. The molecule has 0 saturated carbocycles. The molecule has 3 aromatic rings. The van der Waals surface area contributed by atoms with Gasteiger partial charge in [-0.15, -0.1) is 0 Å². The van der Waals surface area contributed by atoms with Crippen LogP contribution in [0, 0.1) is 0 Å². The Kier molecular flexibility index (Phi) is 3.30. The standard InChI is InChI=1S/C14H16N6/c15-14(12-17-7-8-18-12,13-19-9-10-20-13)5-4-11-3-1-2-6-16-11/h1-3,6-10H,4-5,15H2,(H,17,18)(H,19,20). The number of aromatic nitrogens is 5. The van der Waals surface area contributed by atoms with Crippen LogP contribution in [0.4, 0.5) is 0 Å². The van der Waals surface area contributed by atoms with Crippen molar-refractivity contribution in [2.24, 2.45) is 5.73 Å². The predicted octanol–water partition coefficient (Wildman–Crippen LogP) is 1.36. The van der Waals surface area contributed by atoms with Crippen LogP contribution in [0.2, 0.25) is 0 Å². The van der Waals surface area contributed by atoms with E-state index < -0.39 is 5.54 Å².